The molecule has 0 N–H and O–H groups in total. The molecule has 0 radical (unpaired) electrons. The number of hydrogen-bond donors (Lipinski definition) is 0. The second-order valence-corrected chi connectivity index (χ2v) is 8.01. The van der Waals surface area contributed by atoms with Crippen molar-refractivity contribution >= 4 is 27.6 Å². The molecule has 5 heteroatoms. The zero-order valence-electron chi connectivity index (χ0n) is 16.8. The Morgan fingerprint density at radius 1 is 1.00 bits per heavy atom. The van der Waals surface area contributed by atoms with Gasteiger partial charge in [-0.3, -0.25) is 15.1 Å². The van der Waals surface area contributed by atoms with Gasteiger partial charge in [0.05, 0.1) is 4.92 Å². The fourth-order valence-corrected chi connectivity index (χ4v) is 4.90. The number of hydrogen-bond acceptors (Lipinski definition) is 4. The molecule has 0 aliphatic heterocycles. The molecule has 4 aromatic rings. The van der Waals surface area contributed by atoms with Gasteiger partial charge in [-0.2, -0.15) is 0 Å². The van der Waals surface area contributed by atoms with Crippen LogP contribution in [0.5, 0.6) is 0 Å². The van der Waals surface area contributed by atoms with Gasteiger partial charge in [0.2, 0.25) is 0 Å². The molecule has 0 bridgehead atoms. The Morgan fingerprint density at radius 3 is 2.41 bits per heavy atom. The molecule has 2 heterocycles. The number of nitro benzene ring substituents is 1. The molecule has 5 nitrogen and oxygen atoms in total. The average Bonchev–Trinajstić information content (AvgIpc) is 3.12. The maximum Gasteiger partial charge on any atom is 0.269 e. The van der Waals surface area contributed by atoms with Crippen molar-refractivity contribution in [2.45, 2.75) is 46.5 Å². The van der Waals surface area contributed by atoms with E-state index in [2.05, 4.69) is 18.8 Å². The summed E-state index contributed by atoms with van der Waals surface area (Å²) in [5, 5.41) is 13.4. The molecule has 2 aromatic carbocycles. The molecular formula is C24H22N2O3. The van der Waals surface area contributed by atoms with Crippen LogP contribution in [-0.2, 0) is 12.8 Å². The third-order valence-electron chi connectivity index (χ3n) is 6.37. The molecule has 0 spiro atoms. The topological polar surface area (TPSA) is 69.2 Å². The number of aromatic nitrogens is 1. The monoisotopic (exact) mass is 386 g/mol. The second-order valence-electron chi connectivity index (χ2n) is 8.01. The summed E-state index contributed by atoms with van der Waals surface area (Å²) in [4.78, 5) is 15.3. The first-order valence-electron chi connectivity index (χ1n) is 10.0. The first-order valence-corrected chi connectivity index (χ1v) is 10.0. The fraction of sp³-hybridized carbons (Fsp3) is 0.292. The lowest BCUT2D eigenvalue weighted by atomic mass is 9.84. The van der Waals surface area contributed by atoms with Gasteiger partial charge in [0, 0.05) is 34.7 Å². The standard InChI is InChI=1S/C24H22N2O3/c1-13-12-16(26(27)28)8-9-17(13)22-24-20(10-11-25-22)21-14(2)18-6-4-5-7-19(18)15(3)23(21)29-24/h8-12H,4-7H2,1-3H3. The number of nitrogens with zero attached hydrogens (tertiary/aromatic N) is 2. The van der Waals surface area contributed by atoms with Gasteiger partial charge < -0.3 is 4.42 Å². The SMILES string of the molecule is Cc1cc([N+](=O)[O-])ccc1-c1nccc2c1oc1c(C)c3c(c(C)c12)CCCC3. The van der Waals surface area contributed by atoms with E-state index in [9.17, 15) is 10.1 Å². The van der Waals surface area contributed by atoms with Crippen LogP contribution in [0, 0.1) is 30.9 Å². The third-order valence-corrected chi connectivity index (χ3v) is 6.37. The Balaban J connectivity index is 1.83. The lowest BCUT2D eigenvalue weighted by Crippen LogP contribution is -2.07. The zero-order valence-corrected chi connectivity index (χ0v) is 16.8. The molecule has 0 saturated heterocycles. The van der Waals surface area contributed by atoms with Crippen molar-refractivity contribution < 1.29 is 9.34 Å². The summed E-state index contributed by atoms with van der Waals surface area (Å²) in [5.41, 5.74) is 9.69. The van der Waals surface area contributed by atoms with Gasteiger partial charge in [-0.05, 0) is 86.4 Å². The molecule has 29 heavy (non-hydrogen) atoms. The zero-order chi connectivity index (χ0) is 20.3. The molecule has 146 valence electrons. The molecule has 0 atom stereocenters. The Kier molecular flexibility index (Phi) is 3.95. The summed E-state index contributed by atoms with van der Waals surface area (Å²) < 4.78 is 6.45. The van der Waals surface area contributed by atoms with Gasteiger partial charge in [-0.1, -0.05) is 0 Å². The number of non-ortho nitro benzene ring substituents is 1. The predicted molar refractivity (Wildman–Crippen MR) is 114 cm³/mol. The van der Waals surface area contributed by atoms with E-state index in [0.29, 0.717) is 0 Å². The minimum atomic E-state index is -0.372. The smallest absolute Gasteiger partial charge is 0.269 e. The van der Waals surface area contributed by atoms with Crippen molar-refractivity contribution in [2.75, 3.05) is 0 Å². The third kappa shape index (κ3) is 2.57. The Labute approximate surface area is 168 Å². The van der Waals surface area contributed by atoms with E-state index in [-0.39, 0.29) is 10.6 Å². The van der Waals surface area contributed by atoms with Crippen LogP contribution in [0.3, 0.4) is 0 Å². The van der Waals surface area contributed by atoms with Crippen molar-refractivity contribution in [3.8, 4) is 11.3 Å². The summed E-state index contributed by atoms with van der Waals surface area (Å²) >= 11 is 0. The minimum Gasteiger partial charge on any atom is -0.453 e. The summed E-state index contributed by atoms with van der Waals surface area (Å²) in [6, 6.07) is 6.91. The van der Waals surface area contributed by atoms with Gasteiger partial charge in [0.1, 0.15) is 11.3 Å². The number of fused-ring (bicyclic) bond motifs is 4. The van der Waals surface area contributed by atoms with Crippen molar-refractivity contribution in [1.29, 1.82) is 0 Å². The van der Waals surface area contributed by atoms with Crippen molar-refractivity contribution in [2.24, 2.45) is 0 Å². The van der Waals surface area contributed by atoms with E-state index in [1.807, 2.05) is 19.2 Å². The van der Waals surface area contributed by atoms with E-state index in [1.54, 1.807) is 12.1 Å². The molecule has 0 saturated carbocycles. The van der Waals surface area contributed by atoms with Crippen LogP contribution in [0.2, 0.25) is 0 Å². The van der Waals surface area contributed by atoms with Crippen LogP contribution in [-0.4, -0.2) is 9.91 Å². The summed E-state index contributed by atoms with van der Waals surface area (Å²) in [7, 11) is 0. The van der Waals surface area contributed by atoms with Crippen LogP contribution in [0.1, 0.15) is 40.7 Å². The predicted octanol–water partition coefficient (Wildman–Crippen LogP) is 6.36. The number of benzene rings is 2. The summed E-state index contributed by atoms with van der Waals surface area (Å²) in [5.74, 6) is 0. The van der Waals surface area contributed by atoms with Gasteiger partial charge in [-0.25, -0.2) is 0 Å². The average molecular weight is 386 g/mol. The highest BCUT2D eigenvalue weighted by atomic mass is 16.6. The minimum absolute atomic E-state index is 0.0856. The molecule has 5 rings (SSSR count). The Morgan fingerprint density at radius 2 is 1.72 bits per heavy atom. The van der Waals surface area contributed by atoms with Crippen LogP contribution >= 0.6 is 0 Å². The van der Waals surface area contributed by atoms with Crippen molar-refractivity contribution in [3.05, 3.63) is 68.4 Å². The van der Waals surface area contributed by atoms with Gasteiger partial charge in [0.15, 0.2) is 5.58 Å². The number of rotatable bonds is 2. The number of nitro groups is 1. The van der Waals surface area contributed by atoms with Gasteiger partial charge in [-0.15, -0.1) is 0 Å². The van der Waals surface area contributed by atoms with Crippen LogP contribution in [0.15, 0.2) is 34.9 Å². The fourth-order valence-electron chi connectivity index (χ4n) is 4.90. The van der Waals surface area contributed by atoms with Crippen LogP contribution in [0.4, 0.5) is 5.69 Å². The largest absolute Gasteiger partial charge is 0.453 e. The quantitative estimate of drug-likeness (QED) is 0.297. The Bertz CT molecular complexity index is 1320. The highest BCUT2D eigenvalue weighted by Gasteiger charge is 2.24. The second kappa shape index (κ2) is 6.41. The lowest BCUT2D eigenvalue weighted by molar-refractivity contribution is -0.384. The number of furan rings is 1. The normalized spacial score (nSPS) is 13.8. The van der Waals surface area contributed by atoms with Crippen LogP contribution in [0.25, 0.3) is 33.2 Å². The van der Waals surface area contributed by atoms with E-state index in [0.717, 1.165) is 46.2 Å². The summed E-state index contributed by atoms with van der Waals surface area (Å²) in [6.07, 6.45) is 6.52. The molecular weight excluding hydrogens is 364 g/mol. The highest BCUT2D eigenvalue weighted by Crippen LogP contribution is 2.42. The van der Waals surface area contributed by atoms with Gasteiger partial charge >= 0.3 is 0 Å². The number of aryl methyl sites for hydroxylation is 3. The van der Waals surface area contributed by atoms with E-state index in [1.165, 1.54) is 46.5 Å². The lowest BCUT2D eigenvalue weighted by Gasteiger charge is -2.21. The van der Waals surface area contributed by atoms with Crippen LogP contribution < -0.4 is 0 Å². The molecule has 1 aliphatic carbocycles. The Hall–Kier alpha value is -3.21. The first kappa shape index (κ1) is 17.9. The maximum absolute atomic E-state index is 11.1. The van der Waals surface area contributed by atoms with Crippen molar-refractivity contribution in [1.82, 2.24) is 4.98 Å². The van der Waals surface area contributed by atoms with E-state index >= 15 is 0 Å². The molecule has 0 fully saturated rings. The molecule has 2 aromatic heterocycles. The maximum atomic E-state index is 11.1. The molecule has 0 amide bonds. The summed E-state index contributed by atoms with van der Waals surface area (Å²) in [6.45, 7) is 6.25. The molecule has 1 aliphatic rings. The van der Waals surface area contributed by atoms with E-state index < -0.39 is 0 Å². The first-order chi connectivity index (χ1) is 14.0. The van der Waals surface area contributed by atoms with E-state index in [4.69, 9.17) is 4.42 Å². The highest BCUT2D eigenvalue weighted by molar-refractivity contribution is 6.11. The van der Waals surface area contributed by atoms with Crippen molar-refractivity contribution in [3.63, 3.8) is 0 Å². The molecule has 0 unspecified atom stereocenters. The van der Waals surface area contributed by atoms with Gasteiger partial charge in [0.25, 0.3) is 5.69 Å². The number of pyridine rings is 1.